The highest BCUT2D eigenvalue weighted by atomic mass is 32.2. The van der Waals surface area contributed by atoms with Crippen molar-refractivity contribution in [1.29, 1.82) is 0 Å². The molecule has 0 amide bonds. The van der Waals surface area contributed by atoms with Crippen LogP contribution in [-0.2, 0) is 6.54 Å². The quantitative estimate of drug-likeness (QED) is 0.919. The second-order valence-electron chi connectivity index (χ2n) is 6.48. The standard InChI is InChI=1S/C15H25N3S/c1-14(2)9-15(10-16,12-19-11-14)18(3)8-13-5-4-6-17-7-13/h4-7H,8-12,16H2,1-3H3. The minimum Gasteiger partial charge on any atom is -0.329 e. The smallest absolute Gasteiger partial charge is 0.0427 e. The van der Waals surface area contributed by atoms with Crippen LogP contribution in [0.2, 0.25) is 0 Å². The number of hydrogen-bond acceptors (Lipinski definition) is 4. The zero-order chi connectivity index (χ0) is 13.9. The fourth-order valence-electron chi connectivity index (χ4n) is 2.98. The number of hydrogen-bond donors (Lipinski definition) is 1. The van der Waals surface area contributed by atoms with E-state index in [2.05, 4.69) is 36.8 Å². The van der Waals surface area contributed by atoms with Gasteiger partial charge in [0.25, 0.3) is 0 Å². The van der Waals surface area contributed by atoms with E-state index in [1.54, 1.807) is 0 Å². The molecule has 106 valence electrons. The van der Waals surface area contributed by atoms with Crippen molar-refractivity contribution in [3.63, 3.8) is 0 Å². The summed E-state index contributed by atoms with van der Waals surface area (Å²) in [5.41, 5.74) is 7.88. The fourth-order valence-corrected chi connectivity index (χ4v) is 4.55. The van der Waals surface area contributed by atoms with Crippen LogP contribution in [0.4, 0.5) is 0 Å². The summed E-state index contributed by atoms with van der Waals surface area (Å²) in [7, 11) is 2.20. The highest BCUT2D eigenvalue weighted by Crippen LogP contribution is 2.41. The van der Waals surface area contributed by atoms with E-state index in [1.165, 1.54) is 17.7 Å². The molecule has 0 radical (unpaired) electrons. The average molecular weight is 279 g/mol. The summed E-state index contributed by atoms with van der Waals surface area (Å²) in [5, 5.41) is 0. The van der Waals surface area contributed by atoms with Crippen LogP contribution in [-0.4, -0.2) is 40.5 Å². The van der Waals surface area contributed by atoms with Crippen LogP contribution in [0.15, 0.2) is 24.5 Å². The molecule has 1 fully saturated rings. The minimum atomic E-state index is 0.113. The molecule has 2 rings (SSSR count). The molecule has 0 aromatic carbocycles. The van der Waals surface area contributed by atoms with Crippen molar-refractivity contribution in [2.24, 2.45) is 11.1 Å². The first kappa shape index (κ1) is 14.8. The Labute approximate surface area is 121 Å². The average Bonchev–Trinajstić information content (AvgIpc) is 2.38. The molecule has 1 aliphatic heterocycles. The van der Waals surface area contributed by atoms with Gasteiger partial charge in [-0.05, 0) is 36.3 Å². The van der Waals surface area contributed by atoms with Gasteiger partial charge < -0.3 is 5.73 Å². The second kappa shape index (κ2) is 5.81. The largest absolute Gasteiger partial charge is 0.329 e. The summed E-state index contributed by atoms with van der Waals surface area (Å²) in [4.78, 5) is 6.63. The third-order valence-electron chi connectivity index (χ3n) is 4.00. The molecule has 1 aromatic rings. The Hall–Kier alpha value is -0.580. The van der Waals surface area contributed by atoms with E-state index in [0.29, 0.717) is 5.41 Å². The molecule has 1 aliphatic rings. The van der Waals surface area contributed by atoms with Crippen LogP contribution >= 0.6 is 11.8 Å². The maximum Gasteiger partial charge on any atom is 0.0427 e. The van der Waals surface area contributed by atoms with Crippen molar-refractivity contribution in [3.8, 4) is 0 Å². The Balaban J connectivity index is 2.12. The summed E-state index contributed by atoms with van der Waals surface area (Å²) >= 11 is 2.03. The second-order valence-corrected chi connectivity index (χ2v) is 7.47. The number of nitrogens with zero attached hydrogens (tertiary/aromatic N) is 2. The van der Waals surface area contributed by atoms with E-state index in [1.807, 2.05) is 30.2 Å². The summed E-state index contributed by atoms with van der Waals surface area (Å²) < 4.78 is 0. The van der Waals surface area contributed by atoms with Gasteiger partial charge in [0.05, 0.1) is 0 Å². The van der Waals surface area contributed by atoms with Crippen molar-refractivity contribution >= 4 is 11.8 Å². The molecule has 0 spiro atoms. The van der Waals surface area contributed by atoms with Gasteiger partial charge in [0.2, 0.25) is 0 Å². The Morgan fingerprint density at radius 1 is 1.42 bits per heavy atom. The molecule has 0 bridgehead atoms. The molecular formula is C15H25N3S. The van der Waals surface area contributed by atoms with Gasteiger partial charge in [0.1, 0.15) is 0 Å². The molecule has 0 saturated carbocycles. The van der Waals surface area contributed by atoms with E-state index >= 15 is 0 Å². The highest BCUT2D eigenvalue weighted by Gasteiger charge is 2.42. The van der Waals surface area contributed by atoms with Crippen molar-refractivity contribution in [3.05, 3.63) is 30.1 Å². The Morgan fingerprint density at radius 2 is 2.21 bits per heavy atom. The van der Waals surface area contributed by atoms with E-state index in [0.717, 1.165) is 18.8 Å². The number of aromatic nitrogens is 1. The zero-order valence-corrected chi connectivity index (χ0v) is 13.0. The summed E-state index contributed by atoms with van der Waals surface area (Å²) in [6.07, 6.45) is 4.93. The zero-order valence-electron chi connectivity index (χ0n) is 12.2. The number of pyridine rings is 1. The van der Waals surface area contributed by atoms with Crippen LogP contribution in [0.1, 0.15) is 25.8 Å². The lowest BCUT2D eigenvalue weighted by molar-refractivity contribution is 0.0869. The van der Waals surface area contributed by atoms with Crippen molar-refractivity contribution in [2.45, 2.75) is 32.4 Å². The monoisotopic (exact) mass is 279 g/mol. The van der Waals surface area contributed by atoms with E-state index in [-0.39, 0.29) is 5.54 Å². The first-order chi connectivity index (χ1) is 8.97. The first-order valence-electron chi connectivity index (χ1n) is 6.85. The Bertz CT molecular complexity index is 407. The van der Waals surface area contributed by atoms with Gasteiger partial charge in [0.15, 0.2) is 0 Å². The number of likely N-dealkylation sites (N-methyl/N-ethyl adjacent to an activating group) is 1. The van der Waals surface area contributed by atoms with Gasteiger partial charge in [-0.15, -0.1) is 0 Å². The van der Waals surface area contributed by atoms with Crippen molar-refractivity contribution in [2.75, 3.05) is 25.1 Å². The Kier molecular flexibility index (Phi) is 4.54. The van der Waals surface area contributed by atoms with E-state index in [4.69, 9.17) is 5.73 Å². The molecule has 3 nitrogen and oxygen atoms in total. The van der Waals surface area contributed by atoms with Crippen molar-refractivity contribution in [1.82, 2.24) is 9.88 Å². The third-order valence-corrected chi connectivity index (χ3v) is 5.73. The molecule has 1 saturated heterocycles. The summed E-state index contributed by atoms with van der Waals surface area (Å²) in [6.45, 7) is 6.34. The van der Waals surface area contributed by atoms with Gasteiger partial charge in [-0.25, -0.2) is 0 Å². The molecule has 1 atom stereocenters. The molecule has 2 heterocycles. The molecule has 1 aromatic heterocycles. The molecule has 0 aliphatic carbocycles. The summed E-state index contributed by atoms with van der Waals surface area (Å²) in [5.74, 6) is 2.36. The lowest BCUT2D eigenvalue weighted by Gasteiger charge is -2.49. The molecular weight excluding hydrogens is 254 g/mol. The minimum absolute atomic E-state index is 0.113. The van der Waals surface area contributed by atoms with E-state index in [9.17, 15) is 0 Å². The van der Waals surface area contributed by atoms with Gasteiger partial charge >= 0.3 is 0 Å². The van der Waals surface area contributed by atoms with Crippen LogP contribution in [0.25, 0.3) is 0 Å². The van der Waals surface area contributed by atoms with Crippen molar-refractivity contribution < 1.29 is 0 Å². The molecule has 4 heteroatoms. The van der Waals surface area contributed by atoms with Crippen LogP contribution in [0, 0.1) is 5.41 Å². The number of nitrogens with two attached hydrogens (primary N) is 1. The molecule has 2 N–H and O–H groups in total. The molecule has 1 unspecified atom stereocenters. The maximum absolute atomic E-state index is 6.14. The van der Waals surface area contributed by atoms with Gasteiger partial charge in [0, 0.05) is 36.8 Å². The maximum atomic E-state index is 6.14. The number of thioether (sulfide) groups is 1. The number of rotatable bonds is 4. The van der Waals surface area contributed by atoms with Gasteiger partial charge in [-0.1, -0.05) is 19.9 Å². The lowest BCUT2D eigenvalue weighted by Crippen LogP contribution is -2.58. The normalized spacial score (nSPS) is 26.6. The first-order valence-corrected chi connectivity index (χ1v) is 8.01. The SMILES string of the molecule is CN(Cc1cccnc1)C1(CN)CSCC(C)(C)C1. The fraction of sp³-hybridized carbons (Fsp3) is 0.667. The van der Waals surface area contributed by atoms with Gasteiger partial charge in [-0.2, -0.15) is 11.8 Å². The van der Waals surface area contributed by atoms with E-state index < -0.39 is 0 Å². The third kappa shape index (κ3) is 3.50. The van der Waals surface area contributed by atoms with Gasteiger partial charge in [-0.3, -0.25) is 9.88 Å². The lowest BCUT2D eigenvalue weighted by atomic mass is 9.79. The van der Waals surface area contributed by atoms with Crippen LogP contribution < -0.4 is 5.73 Å². The topological polar surface area (TPSA) is 42.2 Å². The Morgan fingerprint density at radius 3 is 2.79 bits per heavy atom. The van der Waals surface area contributed by atoms with Crippen LogP contribution in [0.5, 0.6) is 0 Å². The predicted molar refractivity (Wildman–Crippen MR) is 83.2 cm³/mol. The molecule has 19 heavy (non-hydrogen) atoms. The summed E-state index contributed by atoms with van der Waals surface area (Å²) in [6, 6.07) is 4.13. The van der Waals surface area contributed by atoms with Crippen LogP contribution in [0.3, 0.4) is 0 Å². The predicted octanol–water partition coefficient (Wildman–Crippen LogP) is 2.37. The highest BCUT2D eigenvalue weighted by molar-refractivity contribution is 7.99.